The average molecular weight is 806 g/mol. The molecular weight excluding hydrogens is 711 g/mol. The molecule has 0 spiro atoms. The number of methoxy groups -OCH3 is 1. The quantitative estimate of drug-likeness (QED) is 0.269. The Labute approximate surface area is 361 Å². The number of benzene rings is 1. The second-order valence-corrected chi connectivity index (χ2v) is 19.4. The van der Waals surface area contributed by atoms with Gasteiger partial charge < -0.3 is 14.4 Å². The Morgan fingerprint density at radius 2 is 1.03 bits per heavy atom. The molecule has 1 saturated heterocycles. The fourth-order valence-electron chi connectivity index (χ4n) is 8.30. The molecule has 2 aliphatic heterocycles. The van der Waals surface area contributed by atoms with E-state index in [1.165, 1.54) is 115 Å². The van der Waals surface area contributed by atoms with Gasteiger partial charge in [-0.2, -0.15) is 0 Å². The lowest BCUT2D eigenvalue weighted by Crippen LogP contribution is -2.35. The van der Waals surface area contributed by atoms with Crippen molar-refractivity contribution in [3.8, 4) is 0 Å². The predicted octanol–water partition coefficient (Wildman–Crippen LogP) is 16.4. The number of hydrogen-bond acceptors (Lipinski definition) is 3. The highest BCUT2D eigenvalue weighted by Gasteiger charge is 2.19. The number of hydrogen-bond donors (Lipinski definition) is 0. The summed E-state index contributed by atoms with van der Waals surface area (Å²) in [6.07, 6.45) is 28.8. The summed E-state index contributed by atoms with van der Waals surface area (Å²) < 4.78 is 9.89. The largest absolute Gasteiger partial charge is 0.453 e. The van der Waals surface area contributed by atoms with E-state index in [0.717, 1.165) is 61.7 Å². The number of nitrogens with zero attached hydrogens (tertiary/aromatic N) is 1. The number of rotatable bonds is 6. The van der Waals surface area contributed by atoms with Crippen LogP contribution in [-0.2, 0) is 9.47 Å². The van der Waals surface area contributed by atoms with Crippen molar-refractivity contribution in [2.45, 2.75) is 192 Å². The molecule has 1 amide bonds. The van der Waals surface area contributed by atoms with Crippen LogP contribution in [0.2, 0.25) is 0 Å². The fourth-order valence-corrected chi connectivity index (χ4v) is 8.30. The highest BCUT2D eigenvalue weighted by molar-refractivity contribution is 5.67. The van der Waals surface area contributed by atoms with Gasteiger partial charge >= 0.3 is 6.09 Å². The molecule has 58 heavy (non-hydrogen) atoms. The van der Waals surface area contributed by atoms with Gasteiger partial charge in [0.2, 0.25) is 0 Å². The summed E-state index contributed by atoms with van der Waals surface area (Å²) in [5.74, 6) is 6.62. The maximum atomic E-state index is 11.1. The van der Waals surface area contributed by atoms with Crippen LogP contribution in [0.1, 0.15) is 197 Å². The first kappa shape index (κ1) is 53.7. The van der Waals surface area contributed by atoms with E-state index in [0.29, 0.717) is 18.4 Å². The van der Waals surface area contributed by atoms with Gasteiger partial charge in [-0.15, -0.1) is 0 Å². The van der Waals surface area contributed by atoms with E-state index in [9.17, 15) is 4.79 Å². The molecule has 6 rings (SSSR count). The minimum atomic E-state index is -0.223. The summed E-state index contributed by atoms with van der Waals surface area (Å²) in [5, 5.41) is 0. The lowest BCUT2D eigenvalue weighted by atomic mass is 9.82. The van der Waals surface area contributed by atoms with Gasteiger partial charge in [0.25, 0.3) is 0 Å². The van der Waals surface area contributed by atoms with Crippen LogP contribution in [0.15, 0.2) is 65.3 Å². The van der Waals surface area contributed by atoms with Crippen molar-refractivity contribution in [1.29, 1.82) is 0 Å². The first-order valence-corrected chi connectivity index (χ1v) is 24.2. The maximum Gasteiger partial charge on any atom is 0.409 e. The second-order valence-electron chi connectivity index (χ2n) is 19.4. The molecule has 2 heterocycles. The van der Waals surface area contributed by atoms with E-state index in [2.05, 4.69) is 130 Å². The van der Waals surface area contributed by atoms with Gasteiger partial charge in [-0.3, -0.25) is 0 Å². The van der Waals surface area contributed by atoms with Crippen molar-refractivity contribution in [3.63, 3.8) is 0 Å². The third kappa shape index (κ3) is 24.7. The van der Waals surface area contributed by atoms with Gasteiger partial charge in [0.05, 0.1) is 7.11 Å². The zero-order valence-corrected chi connectivity index (χ0v) is 40.6. The summed E-state index contributed by atoms with van der Waals surface area (Å²) in [5.41, 5.74) is 6.22. The number of carbonyl (C=O) groups excluding carboxylic acids is 1. The van der Waals surface area contributed by atoms with Crippen LogP contribution in [0.5, 0.6) is 0 Å². The average Bonchev–Trinajstić information content (AvgIpc) is 3.26. The Morgan fingerprint density at radius 3 is 1.33 bits per heavy atom. The van der Waals surface area contributed by atoms with Crippen molar-refractivity contribution < 1.29 is 14.3 Å². The van der Waals surface area contributed by atoms with Crippen LogP contribution in [-0.4, -0.2) is 44.4 Å². The molecule has 334 valence electrons. The van der Waals surface area contributed by atoms with Crippen LogP contribution >= 0.6 is 0 Å². The Hall–Kier alpha value is -2.33. The molecule has 0 radical (unpaired) electrons. The van der Waals surface area contributed by atoms with Crippen molar-refractivity contribution >= 4 is 6.09 Å². The van der Waals surface area contributed by atoms with Gasteiger partial charge in [-0.1, -0.05) is 180 Å². The maximum absolute atomic E-state index is 11.1. The van der Waals surface area contributed by atoms with Gasteiger partial charge in [0.1, 0.15) is 0 Å². The highest BCUT2D eigenvalue weighted by Crippen LogP contribution is 2.29. The van der Waals surface area contributed by atoms with E-state index in [1.54, 1.807) is 16.0 Å². The van der Waals surface area contributed by atoms with E-state index in [1.807, 2.05) is 6.07 Å². The molecule has 0 atom stereocenters. The highest BCUT2D eigenvalue weighted by atomic mass is 16.5. The molecule has 0 unspecified atom stereocenters. The van der Waals surface area contributed by atoms with Crippen LogP contribution < -0.4 is 0 Å². The SMILES string of the molecule is CC(C)C1=CCCCC1.CC(C)C1=CCCCC1.CC(C)C1CCCCC1.CC(C)C1CCOCC1.CC(C)c1ccccc1.COC(=O)N1CC=C(C(C)C)CC1. The molecule has 4 nitrogen and oxygen atoms in total. The Bertz CT molecular complexity index is 1190. The third-order valence-corrected chi connectivity index (χ3v) is 12.8. The molecule has 1 saturated carbocycles. The normalized spacial score (nSPS) is 18.8. The summed E-state index contributed by atoms with van der Waals surface area (Å²) in [6.45, 7) is 30.7. The molecule has 5 aliphatic rings. The molecule has 0 bridgehead atoms. The summed E-state index contributed by atoms with van der Waals surface area (Å²) in [4.78, 5) is 12.8. The summed E-state index contributed by atoms with van der Waals surface area (Å²) >= 11 is 0. The molecular formula is C54H95NO3. The van der Waals surface area contributed by atoms with Gasteiger partial charge in [-0.05, 0) is 124 Å². The number of carbonyl (C=O) groups is 1. The Morgan fingerprint density at radius 1 is 0.569 bits per heavy atom. The fraction of sp³-hybridized carbons (Fsp3) is 0.759. The molecule has 1 aromatic carbocycles. The predicted molar refractivity (Wildman–Crippen MR) is 255 cm³/mol. The molecule has 1 aromatic rings. The first-order chi connectivity index (χ1) is 27.7. The van der Waals surface area contributed by atoms with E-state index < -0.39 is 0 Å². The van der Waals surface area contributed by atoms with E-state index in [4.69, 9.17) is 4.74 Å². The lowest BCUT2D eigenvalue weighted by Gasteiger charge is -2.26. The van der Waals surface area contributed by atoms with Crippen molar-refractivity contribution in [3.05, 3.63) is 70.8 Å². The van der Waals surface area contributed by atoms with Crippen LogP contribution in [0.25, 0.3) is 0 Å². The van der Waals surface area contributed by atoms with Crippen LogP contribution in [0.4, 0.5) is 4.79 Å². The molecule has 0 aromatic heterocycles. The van der Waals surface area contributed by atoms with Crippen molar-refractivity contribution in [2.24, 2.45) is 41.4 Å². The van der Waals surface area contributed by atoms with Crippen molar-refractivity contribution in [2.75, 3.05) is 33.4 Å². The smallest absolute Gasteiger partial charge is 0.409 e. The van der Waals surface area contributed by atoms with Gasteiger partial charge in [0.15, 0.2) is 0 Å². The monoisotopic (exact) mass is 806 g/mol. The minimum Gasteiger partial charge on any atom is -0.453 e. The summed E-state index contributed by atoms with van der Waals surface area (Å²) in [7, 11) is 1.42. The van der Waals surface area contributed by atoms with Crippen LogP contribution in [0.3, 0.4) is 0 Å². The van der Waals surface area contributed by atoms with E-state index >= 15 is 0 Å². The zero-order chi connectivity index (χ0) is 43.3. The second kappa shape index (κ2) is 32.4. The van der Waals surface area contributed by atoms with Gasteiger partial charge in [-0.25, -0.2) is 4.79 Å². The number of ether oxygens (including phenoxy) is 2. The molecule has 2 fully saturated rings. The van der Waals surface area contributed by atoms with Gasteiger partial charge in [0, 0.05) is 26.3 Å². The summed E-state index contributed by atoms with van der Waals surface area (Å²) in [6, 6.07) is 10.5. The topological polar surface area (TPSA) is 38.8 Å². The molecule has 0 N–H and O–H groups in total. The van der Waals surface area contributed by atoms with Crippen LogP contribution in [0, 0.1) is 41.4 Å². The molecule has 4 heteroatoms. The van der Waals surface area contributed by atoms with Crippen molar-refractivity contribution in [1.82, 2.24) is 4.90 Å². The Kier molecular flexibility index (Phi) is 30.0. The van der Waals surface area contributed by atoms with E-state index in [-0.39, 0.29) is 6.09 Å². The standard InChI is InChI=1S/C10H17NO2.C9H18.2C9H16.C9H12.C8H16O/c1-8(2)9-4-6-11(7-5-9)10(12)13-3;4*1-8(2)9-6-4-3-5-7-9;1-7(2)8-3-5-9-6-4-8/h4,8H,5-7H2,1-3H3;8-9H,3-7H2,1-2H3;2*6,8H,3-5,7H2,1-2H3;3-8H,1-2H3;7-8H,3-6H2,1-2H3. The first-order valence-electron chi connectivity index (χ1n) is 24.2. The number of allylic oxidation sites excluding steroid dienone is 4. The minimum absolute atomic E-state index is 0.223. The third-order valence-electron chi connectivity index (χ3n) is 12.8. The Balaban J connectivity index is 0.000000350. The molecule has 3 aliphatic carbocycles. The number of amides is 1. The zero-order valence-electron chi connectivity index (χ0n) is 40.6. The lowest BCUT2D eigenvalue weighted by molar-refractivity contribution is 0.0523.